The van der Waals surface area contributed by atoms with Gasteiger partial charge in [0.2, 0.25) is 0 Å². The van der Waals surface area contributed by atoms with Crippen molar-refractivity contribution >= 4 is 0 Å². The molecule has 4 heteroatoms. The van der Waals surface area contributed by atoms with Crippen molar-refractivity contribution in [1.82, 2.24) is 4.98 Å². The van der Waals surface area contributed by atoms with E-state index in [2.05, 4.69) is 29.2 Å². The SMILES string of the molecule is NC(Cc1ccc(-c2cccnc2)cc1)CC(O)C(N)Cc1ccccc1. The molecule has 0 spiro atoms. The Morgan fingerprint density at radius 2 is 1.48 bits per heavy atom. The molecular formula is C23H27N3O. The van der Waals surface area contributed by atoms with E-state index >= 15 is 0 Å². The summed E-state index contributed by atoms with van der Waals surface area (Å²) in [6.45, 7) is 0. The standard InChI is InChI=1S/C23H27N3O/c24-21(15-23(27)22(25)14-17-5-2-1-3-6-17)13-18-8-10-19(11-9-18)20-7-4-12-26-16-20/h1-12,16,21-23,27H,13-15,24-25H2. The number of aromatic nitrogens is 1. The Labute approximate surface area is 160 Å². The van der Waals surface area contributed by atoms with E-state index in [0.717, 1.165) is 22.3 Å². The molecule has 3 aromatic rings. The van der Waals surface area contributed by atoms with Gasteiger partial charge >= 0.3 is 0 Å². The summed E-state index contributed by atoms with van der Waals surface area (Å²) in [5, 5.41) is 10.4. The predicted molar refractivity (Wildman–Crippen MR) is 110 cm³/mol. The van der Waals surface area contributed by atoms with Crippen molar-refractivity contribution in [3.05, 3.63) is 90.3 Å². The number of hydrogen-bond donors (Lipinski definition) is 3. The van der Waals surface area contributed by atoms with Crippen LogP contribution in [0.5, 0.6) is 0 Å². The smallest absolute Gasteiger partial charge is 0.0709 e. The third-order valence-electron chi connectivity index (χ3n) is 4.80. The van der Waals surface area contributed by atoms with Crippen molar-refractivity contribution in [3.8, 4) is 11.1 Å². The van der Waals surface area contributed by atoms with E-state index in [1.807, 2.05) is 48.7 Å². The quantitative estimate of drug-likeness (QED) is 0.576. The summed E-state index contributed by atoms with van der Waals surface area (Å²) in [5.41, 5.74) is 16.9. The lowest BCUT2D eigenvalue weighted by Gasteiger charge is -2.22. The molecule has 0 fully saturated rings. The lowest BCUT2D eigenvalue weighted by atomic mass is 9.94. The Hall–Kier alpha value is -2.53. The van der Waals surface area contributed by atoms with Gasteiger partial charge in [-0.3, -0.25) is 4.98 Å². The second kappa shape index (κ2) is 9.42. The summed E-state index contributed by atoms with van der Waals surface area (Å²) >= 11 is 0. The van der Waals surface area contributed by atoms with Gasteiger partial charge in [0.05, 0.1) is 6.10 Å². The van der Waals surface area contributed by atoms with E-state index in [9.17, 15) is 5.11 Å². The number of pyridine rings is 1. The summed E-state index contributed by atoms with van der Waals surface area (Å²) < 4.78 is 0. The molecule has 0 saturated heterocycles. The maximum absolute atomic E-state index is 10.4. The molecule has 0 aliphatic rings. The van der Waals surface area contributed by atoms with Crippen molar-refractivity contribution in [3.63, 3.8) is 0 Å². The lowest BCUT2D eigenvalue weighted by molar-refractivity contribution is 0.126. The minimum atomic E-state index is -0.616. The number of benzene rings is 2. The number of hydrogen-bond acceptors (Lipinski definition) is 4. The Balaban J connectivity index is 1.51. The first kappa shape index (κ1) is 19.2. The Bertz CT molecular complexity index is 806. The minimum Gasteiger partial charge on any atom is -0.391 e. The van der Waals surface area contributed by atoms with Gasteiger partial charge in [0, 0.05) is 24.5 Å². The number of rotatable bonds is 8. The van der Waals surface area contributed by atoms with Crippen molar-refractivity contribution in [2.24, 2.45) is 11.5 Å². The normalized spacial score (nSPS) is 14.5. The average molecular weight is 361 g/mol. The molecule has 3 atom stereocenters. The van der Waals surface area contributed by atoms with E-state index in [0.29, 0.717) is 19.3 Å². The molecule has 0 saturated carbocycles. The van der Waals surface area contributed by atoms with E-state index in [1.165, 1.54) is 0 Å². The number of aliphatic hydroxyl groups excluding tert-OH is 1. The first-order chi connectivity index (χ1) is 13.1. The fourth-order valence-electron chi connectivity index (χ4n) is 3.26. The fourth-order valence-corrected chi connectivity index (χ4v) is 3.26. The van der Waals surface area contributed by atoms with Gasteiger partial charge in [-0.2, -0.15) is 0 Å². The zero-order valence-corrected chi connectivity index (χ0v) is 15.4. The van der Waals surface area contributed by atoms with Crippen molar-refractivity contribution in [2.45, 2.75) is 37.5 Å². The zero-order chi connectivity index (χ0) is 19.1. The summed E-state index contributed by atoms with van der Waals surface area (Å²) in [5.74, 6) is 0. The fraction of sp³-hybridized carbons (Fsp3) is 0.261. The predicted octanol–water partition coefficient (Wildman–Crippen LogP) is 2.94. The monoisotopic (exact) mass is 361 g/mol. The summed E-state index contributed by atoms with van der Waals surface area (Å²) in [4.78, 5) is 4.15. The molecule has 3 rings (SSSR count). The van der Waals surface area contributed by atoms with E-state index in [4.69, 9.17) is 11.5 Å². The van der Waals surface area contributed by atoms with E-state index in [1.54, 1.807) is 6.20 Å². The molecule has 4 nitrogen and oxygen atoms in total. The third-order valence-corrected chi connectivity index (χ3v) is 4.80. The van der Waals surface area contributed by atoms with Crippen molar-refractivity contribution < 1.29 is 5.11 Å². The minimum absolute atomic E-state index is 0.133. The first-order valence-electron chi connectivity index (χ1n) is 9.34. The topological polar surface area (TPSA) is 85.2 Å². The van der Waals surface area contributed by atoms with Crippen LogP contribution in [-0.2, 0) is 12.8 Å². The number of aliphatic hydroxyl groups is 1. The van der Waals surface area contributed by atoms with Crippen LogP contribution in [0.4, 0.5) is 0 Å². The van der Waals surface area contributed by atoms with Crippen LogP contribution < -0.4 is 11.5 Å². The van der Waals surface area contributed by atoms with Crippen LogP contribution >= 0.6 is 0 Å². The van der Waals surface area contributed by atoms with Gasteiger partial charge in [0.15, 0.2) is 0 Å². The highest BCUT2D eigenvalue weighted by Gasteiger charge is 2.18. The van der Waals surface area contributed by atoms with E-state index in [-0.39, 0.29) is 12.1 Å². The first-order valence-corrected chi connectivity index (χ1v) is 9.34. The van der Waals surface area contributed by atoms with Crippen LogP contribution in [0.2, 0.25) is 0 Å². The summed E-state index contributed by atoms with van der Waals surface area (Å²) in [6.07, 6.45) is 4.85. The highest BCUT2D eigenvalue weighted by Crippen LogP contribution is 2.19. The Morgan fingerprint density at radius 1 is 0.778 bits per heavy atom. The van der Waals surface area contributed by atoms with Gasteiger partial charge in [0.25, 0.3) is 0 Å². The Kier molecular flexibility index (Phi) is 6.71. The van der Waals surface area contributed by atoms with Crippen LogP contribution in [0.15, 0.2) is 79.1 Å². The molecule has 5 N–H and O–H groups in total. The molecule has 1 aromatic heterocycles. The maximum atomic E-state index is 10.4. The average Bonchev–Trinajstić information content (AvgIpc) is 2.70. The lowest BCUT2D eigenvalue weighted by Crippen LogP contribution is -2.41. The van der Waals surface area contributed by atoms with Gasteiger partial charge in [0.1, 0.15) is 0 Å². The highest BCUT2D eigenvalue weighted by atomic mass is 16.3. The molecule has 27 heavy (non-hydrogen) atoms. The second-order valence-electron chi connectivity index (χ2n) is 7.06. The summed E-state index contributed by atoms with van der Waals surface area (Å²) in [6, 6.07) is 21.8. The van der Waals surface area contributed by atoms with Gasteiger partial charge in [-0.1, -0.05) is 60.7 Å². The van der Waals surface area contributed by atoms with Gasteiger partial charge in [-0.15, -0.1) is 0 Å². The molecule has 140 valence electrons. The molecular weight excluding hydrogens is 334 g/mol. The number of nitrogens with two attached hydrogens (primary N) is 2. The highest BCUT2D eigenvalue weighted by molar-refractivity contribution is 5.62. The van der Waals surface area contributed by atoms with Gasteiger partial charge in [-0.05, 0) is 47.6 Å². The van der Waals surface area contributed by atoms with Crippen molar-refractivity contribution in [1.29, 1.82) is 0 Å². The maximum Gasteiger partial charge on any atom is 0.0709 e. The molecule has 0 radical (unpaired) electrons. The van der Waals surface area contributed by atoms with Gasteiger partial charge < -0.3 is 16.6 Å². The summed E-state index contributed by atoms with van der Waals surface area (Å²) in [7, 11) is 0. The molecule has 0 aliphatic heterocycles. The van der Waals surface area contributed by atoms with Crippen molar-refractivity contribution in [2.75, 3.05) is 0 Å². The molecule has 1 heterocycles. The van der Waals surface area contributed by atoms with Crippen LogP contribution in [-0.4, -0.2) is 28.3 Å². The molecule has 0 aliphatic carbocycles. The van der Waals surface area contributed by atoms with Crippen LogP contribution in [0.25, 0.3) is 11.1 Å². The van der Waals surface area contributed by atoms with Crippen LogP contribution in [0, 0.1) is 0 Å². The largest absolute Gasteiger partial charge is 0.391 e. The second-order valence-corrected chi connectivity index (χ2v) is 7.06. The van der Waals surface area contributed by atoms with Gasteiger partial charge in [-0.25, -0.2) is 0 Å². The Morgan fingerprint density at radius 3 is 2.15 bits per heavy atom. The number of nitrogens with zero attached hydrogens (tertiary/aromatic N) is 1. The zero-order valence-electron chi connectivity index (χ0n) is 15.4. The van der Waals surface area contributed by atoms with Crippen LogP contribution in [0.1, 0.15) is 17.5 Å². The molecule has 0 bridgehead atoms. The molecule has 0 amide bonds. The van der Waals surface area contributed by atoms with E-state index < -0.39 is 6.10 Å². The molecule has 3 unspecified atom stereocenters. The van der Waals surface area contributed by atoms with Crippen LogP contribution in [0.3, 0.4) is 0 Å². The molecule has 2 aromatic carbocycles. The third kappa shape index (κ3) is 5.73.